The Morgan fingerprint density at radius 1 is 1.26 bits per heavy atom. The first-order valence-electron chi connectivity index (χ1n) is 6.71. The molecule has 4 nitrogen and oxygen atoms in total. The first-order chi connectivity index (χ1) is 9.26. The van der Waals surface area contributed by atoms with E-state index < -0.39 is 0 Å². The van der Waals surface area contributed by atoms with E-state index in [4.69, 9.17) is 0 Å². The van der Waals surface area contributed by atoms with Crippen molar-refractivity contribution in [1.29, 1.82) is 0 Å². The molecule has 1 saturated heterocycles. The van der Waals surface area contributed by atoms with E-state index in [9.17, 15) is 0 Å². The number of aromatic amines is 1. The third-order valence-electron chi connectivity index (χ3n) is 3.28. The van der Waals surface area contributed by atoms with Crippen LogP contribution in [0.1, 0.15) is 6.92 Å². The molecular formula is C15H23N3O. The molecule has 3 rings (SSSR count). The van der Waals surface area contributed by atoms with E-state index in [1.807, 2.05) is 0 Å². The van der Waals surface area contributed by atoms with Crippen molar-refractivity contribution in [2.24, 2.45) is 0 Å². The molecule has 1 aliphatic rings. The molecule has 1 aliphatic heterocycles. The number of piperazine rings is 1. The lowest BCUT2D eigenvalue weighted by Gasteiger charge is -2.33. The largest absolute Gasteiger partial charge is 0.388 e. The minimum Gasteiger partial charge on any atom is -0.388 e. The van der Waals surface area contributed by atoms with Gasteiger partial charge in [0.2, 0.25) is 0 Å². The molecule has 1 aromatic heterocycles. The summed E-state index contributed by atoms with van der Waals surface area (Å²) in [4.78, 5) is 5.80. The van der Waals surface area contributed by atoms with Gasteiger partial charge in [0.05, 0.1) is 5.69 Å². The highest BCUT2D eigenvalue weighted by Crippen LogP contribution is 2.26. The molecule has 1 aromatic carbocycles. The topological polar surface area (TPSA) is 40.3 Å². The summed E-state index contributed by atoms with van der Waals surface area (Å²) in [5.74, 6) is 0. The lowest BCUT2D eigenvalue weighted by molar-refractivity contribution is 0.277. The van der Waals surface area contributed by atoms with E-state index >= 15 is 0 Å². The fourth-order valence-corrected chi connectivity index (χ4v) is 2.47. The summed E-state index contributed by atoms with van der Waals surface area (Å²) in [6.45, 7) is 5.48. The maximum absolute atomic E-state index is 4.25. The number of nitrogens with one attached hydrogen (secondary N) is 2. The summed E-state index contributed by atoms with van der Waals surface area (Å²) < 4.78 is 4.25. The Bertz CT molecular complexity index is 509. The zero-order chi connectivity index (χ0) is 13.7. The Balaban J connectivity index is 0.000000408. The molecule has 0 aliphatic carbocycles. The van der Waals surface area contributed by atoms with Gasteiger partial charge in [-0.3, -0.25) is 0 Å². The van der Waals surface area contributed by atoms with E-state index in [1.54, 1.807) is 14.2 Å². The second kappa shape index (κ2) is 6.59. The van der Waals surface area contributed by atoms with Crippen molar-refractivity contribution in [3.63, 3.8) is 0 Å². The fraction of sp³-hybridized carbons (Fsp3) is 0.467. The Hall–Kier alpha value is -1.52. The van der Waals surface area contributed by atoms with Gasteiger partial charge in [0.15, 0.2) is 0 Å². The van der Waals surface area contributed by atoms with Crippen molar-refractivity contribution in [3.05, 3.63) is 30.5 Å². The zero-order valence-corrected chi connectivity index (χ0v) is 11.9. The van der Waals surface area contributed by atoms with Crippen LogP contribution in [-0.4, -0.2) is 44.9 Å². The number of methoxy groups -OCH3 is 1. The van der Waals surface area contributed by atoms with Crippen LogP contribution in [0.25, 0.3) is 10.9 Å². The SMILES string of the molecule is CC1CN(c2c[nH]c3ccccc23)CCN1.COC. The number of H-pyrrole nitrogens is 1. The van der Waals surface area contributed by atoms with Crippen molar-refractivity contribution in [3.8, 4) is 0 Å². The second-order valence-electron chi connectivity index (χ2n) is 4.93. The Labute approximate surface area is 114 Å². The molecule has 2 aromatic rings. The Morgan fingerprint density at radius 2 is 2.00 bits per heavy atom. The van der Waals surface area contributed by atoms with Gasteiger partial charge >= 0.3 is 0 Å². The van der Waals surface area contributed by atoms with Crippen LogP contribution < -0.4 is 10.2 Å². The molecular weight excluding hydrogens is 238 g/mol. The molecule has 19 heavy (non-hydrogen) atoms. The predicted octanol–water partition coefficient (Wildman–Crippen LogP) is 2.23. The molecule has 2 heterocycles. The first-order valence-corrected chi connectivity index (χ1v) is 6.71. The number of anilines is 1. The average molecular weight is 261 g/mol. The van der Waals surface area contributed by atoms with Gasteiger partial charge in [-0.15, -0.1) is 0 Å². The van der Waals surface area contributed by atoms with Crippen molar-refractivity contribution in [2.45, 2.75) is 13.0 Å². The van der Waals surface area contributed by atoms with Crippen LogP contribution >= 0.6 is 0 Å². The number of ether oxygens (including phenoxy) is 1. The molecule has 0 radical (unpaired) electrons. The maximum atomic E-state index is 4.25. The summed E-state index contributed by atoms with van der Waals surface area (Å²) in [7, 11) is 3.25. The molecule has 1 unspecified atom stereocenters. The van der Waals surface area contributed by atoms with Gasteiger partial charge in [0.25, 0.3) is 0 Å². The van der Waals surface area contributed by atoms with Crippen LogP contribution in [0.2, 0.25) is 0 Å². The number of benzene rings is 1. The predicted molar refractivity (Wildman–Crippen MR) is 80.9 cm³/mol. The molecule has 0 spiro atoms. The highest BCUT2D eigenvalue weighted by Gasteiger charge is 2.18. The zero-order valence-electron chi connectivity index (χ0n) is 11.9. The van der Waals surface area contributed by atoms with Crippen LogP contribution in [0.3, 0.4) is 0 Å². The normalized spacial score (nSPS) is 19.1. The third-order valence-corrected chi connectivity index (χ3v) is 3.28. The van der Waals surface area contributed by atoms with Gasteiger partial charge in [0.1, 0.15) is 0 Å². The Kier molecular flexibility index (Phi) is 4.82. The van der Waals surface area contributed by atoms with E-state index in [1.165, 1.54) is 16.6 Å². The average Bonchev–Trinajstić information content (AvgIpc) is 2.83. The number of hydrogen-bond acceptors (Lipinski definition) is 3. The van der Waals surface area contributed by atoms with Crippen LogP contribution in [0.4, 0.5) is 5.69 Å². The monoisotopic (exact) mass is 261 g/mol. The van der Waals surface area contributed by atoms with Gasteiger partial charge in [-0.05, 0) is 13.0 Å². The molecule has 0 bridgehead atoms. The maximum Gasteiger partial charge on any atom is 0.0624 e. The van der Waals surface area contributed by atoms with Gasteiger partial charge in [-0.25, -0.2) is 0 Å². The minimum absolute atomic E-state index is 0.572. The molecule has 0 amide bonds. The molecule has 2 N–H and O–H groups in total. The van der Waals surface area contributed by atoms with Crippen molar-refractivity contribution >= 4 is 16.6 Å². The third kappa shape index (κ3) is 3.28. The molecule has 104 valence electrons. The van der Waals surface area contributed by atoms with E-state index in [-0.39, 0.29) is 0 Å². The fourth-order valence-electron chi connectivity index (χ4n) is 2.47. The molecule has 1 fully saturated rings. The second-order valence-corrected chi connectivity index (χ2v) is 4.93. The minimum atomic E-state index is 0.572. The van der Waals surface area contributed by atoms with E-state index in [0.29, 0.717) is 6.04 Å². The lowest BCUT2D eigenvalue weighted by Crippen LogP contribution is -2.49. The van der Waals surface area contributed by atoms with Crippen LogP contribution in [0.5, 0.6) is 0 Å². The van der Waals surface area contributed by atoms with Crippen LogP contribution in [0.15, 0.2) is 30.5 Å². The van der Waals surface area contributed by atoms with Gasteiger partial charge in [-0.2, -0.15) is 0 Å². The van der Waals surface area contributed by atoms with Crippen molar-refractivity contribution < 1.29 is 4.74 Å². The summed E-state index contributed by atoms with van der Waals surface area (Å²) in [6, 6.07) is 9.06. The van der Waals surface area contributed by atoms with Gasteiger partial charge < -0.3 is 19.9 Å². The summed E-state index contributed by atoms with van der Waals surface area (Å²) in [6.07, 6.45) is 2.13. The van der Waals surface area contributed by atoms with E-state index in [0.717, 1.165) is 19.6 Å². The number of para-hydroxylation sites is 1. The first kappa shape index (κ1) is 13.9. The van der Waals surface area contributed by atoms with Gasteiger partial charge in [0, 0.05) is 57.0 Å². The van der Waals surface area contributed by atoms with Crippen LogP contribution in [-0.2, 0) is 4.74 Å². The van der Waals surface area contributed by atoms with Gasteiger partial charge in [-0.1, -0.05) is 18.2 Å². The summed E-state index contributed by atoms with van der Waals surface area (Å²) in [5, 5.41) is 4.80. The lowest BCUT2D eigenvalue weighted by atomic mass is 10.2. The Morgan fingerprint density at radius 3 is 2.74 bits per heavy atom. The van der Waals surface area contributed by atoms with Crippen molar-refractivity contribution in [2.75, 3.05) is 38.8 Å². The molecule has 0 saturated carbocycles. The molecule has 1 atom stereocenters. The summed E-state index contributed by atoms with van der Waals surface area (Å²) >= 11 is 0. The smallest absolute Gasteiger partial charge is 0.0624 e. The number of rotatable bonds is 1. The number of nitrogens with zero attached hydrogens (tertiary/aromatic N) is 1. The van der Waals surface area contributed by atoms with Crippen molar-refractivity contribution in [1.82, 2.24) is 10.3 Å². The number of hydrogen-bond donors (Lipinski definition) is 2. The standard InChI is InChI=1S/C13H17N3.C2H6O/c1-10-9-16(7-6-14-10)13-8-15-12-5-3-2-4-11(12)13;1-3-2/h2-5,8,10,14-15H,6-7,9H2,1H3;1-2H3. The summed E-state index contributed by atoms with van der Waals surface area (Å²) in [5.41, 5.74) is 2.56. The molecule has 4 heteroatoms. The van der Waals surface area contributed by atoms with E-state index in [2.05, 4.69) is 57.3 Å². The van der Waals surface area contributed by atoms with Crippen LogP contribution in [0, 0.1) is 0 Å². The quantitative estimate of drug-likeness (QED) is 0.827. The highest BCUT2D eigenvalue weighted by atomic mass is 16.4. The number of aromatic nitrogens is 1. The highest BCUT2D eigenvalue weighted by molar-refractivity contribution is 5.92. The number of fused-ring (bicyclic) bond motifs is 1.